The third-order valence-electron chi connectivity index (χ3n) is 6.22. The van der Waals surface area contributed by atoms with Gasteiger partial charge in [0.2, 0.25) is 0 Å². The number of carbonyl (C=O) groups is 1. The summed E-state index contributed by atoms with van der Waals surface area (Å²) in [7, 11) is 0. The predicted octanol–water partition coefficient (Wildman–Crippen LogP) is 5.96. The molecule has 34 heavy (non-hydrogen) atoms. The Kier molecular flexibility index (Phi) is 7.34. The minimum absolute atomic E-state index is 0.333. The molecule has 1 aliphatic rings. The molecule has 178 valence electrons. The molecule has 0 aromatic heterocycles. The molecule has 2 N–H and O–H groups in total. The third kappa shape index (κ3) is 5.16. The van der Waals surface area contributed by atoms with Crippen molar-refractivity contribution in [1.82, 2.24) is 0 Å². The molecule has 3 aromatic rings. The van der Waals surface area contributed by atoms with E-state index in [4.69, 9.17) is 9.84 Å². The number of aliphatic carboxylic acids is 1. The Balaban J connectivity index is 1.72. The van der Waals surface area contributed by atoms with Gasteiger partial charge in [0, 0.05) is 0 Å². The van der Waals surface area contributed by atoms with Gasteiger partial charge < -0.3 is 9.84 Å². The minimum Gasteiger partial charge on any atom is -0.482 e. The quantitative estimate of drug-likeness (QED) is 0.389. The summed E-state index contributed by atoms with van der Waals surface area (Å²) < 4.78 is 30.0. The maximum absolute atomic E-state index is 12.6. The Morgan fingerprint density at radius 3 is 2.50 bits per heavy atom. The number of anilines is 1. The predicted molar refractivity (Wildman–Crippen MR) is 134 cm³/mol. The van der Waals surface area contributed by atoms with Gasteiger partial charge in [-0.1, -0.05) is 62.4 Å². The van der Waals surface area contributed by atoms with Crippen molar-refractivity contribution in [3.8, 4) is 16.9 Å². The average molecular weight is 480 g/mol. The summed E-state index contributed by atoms with van der Waals surface area (Å²) in [5.41, 5.74) is 5.72. The van der Waals surface area contributed by atoms with E-state index in [1.165, 1.54) is 9.87 Å². The van der Waals surface area contributed by atoms with E-state index in [0.717, 1.165) is 35.1 Å². The monoisotopic (exact) mass is 479 g/mol. The molecule has 0 bridgehead atoms. The molecule has 0 spiro atoms. The zero-order valence-electron chi connectivity index (χ0n) is 19.3. The lowest BCUT2D eigenvalue weighted by Crippen LogP contribution is -2.33. The molecule has 0 saturated carbocycles. The molecular formula is C27H29NO5S. The first-order chi connectivity index (χ1) is 16.3. The van der Waals surface area contributed by atoms with Gasteiger partial charge >= 0.3 is 5.97 Å². The van der Waals surface area contributed by atoms with E-state index in [1.54, 1.807) is 12.1 Å². The van der Waals surface area contributed by atoms with Crippen molar-refractivity contribution in [2.24, 2.45) is 0 Å². The molecular weight excluding hydrogens is 450 g/mol. The highest BCUT2D eigenvalue weighted by molar-refractivity contribution is 7.80. The van der Waals surface area contributed by atoms with E-state index in [-0.39, 0.29) is 6.04 Å². The van der Waals surface area contributed by atoms with Crippen molar-refractivity contribution in [3.05, 3.63) is 83.4 Å². The molecule has 0 saturated heterocycles. The summed E-state index contributed by atoms with van der Waals surface area (Å²) in [5.74, 6) is -0.116. The first-order valence-corrected chi connectivity index (χ1v) is 12.5. The van der Waals surface area contributed by atoms with Crippen molar-refractivity contribution >= 4 is 22.9 Å². The van der Waals surface area contributed by atoms with Crippen molar-refractivity contribution in [1.29, 1.82) is 0 Å². The summed E-state index contributed by atoms with van der Waals surface area (Å²) in [6, 6.07) is 21.2. The summed E-state index contributed by atoms with van der Waals surface area (Å²) in [6.07, 6.45) is 2.24. The van der Waals surface area contributed by atoms with Crippen molar-refractivity contribution in [2.75, 3.05) is 10.9 Å². The van der Waals surface area contributed by atoms with E-state index in [9.17, 15) is 13.6 Å². The second kappa shape index (κ2) is 10.4. The summed E-state index contributed by atoms with van der Waals surface area (Å²) in [6.45, 7) is 3.89. The van der Waals surface area contributed by atoms with Gasteiger partial charge in [-0.3, -0.25) is 8.86 Å². The van der Waals surface area contributed by atoms with Gasteiger partial charge in [-0.05, 0) is 71.2 Å². The lowest BCUT2D eigenvalue weighted by atomic mass is 9.86. The van der Waals surface area contributed by atoms with Gasteiger partial charge in [0.05, 0.1) is 11.7 Å². The Labute approximate surface area is 202 Å². The fraction of sp³-hybridized carbons (Fsp3) is 0.296. The van der Waals surface area contributed by atoms with Crippen LogP contribution in [0.2, 0.25) is 0 Å². The molecule has 2 atom stereocenters. The standard InChI is InChI=1S/C27H29NO5S/c1-18(2)19-7-3-8-20(15-19)21-9-4-10-22(16-21)28(34(31)32)25-13-5-12-24-23(25)11-6-14-26(24)33-17-27(29)30/h3-4,6-11,14-16,18,25H,5,12-13,17H2,1-2H3,(H,29,30)(H,31,32). The van der Waals surface area contributed by atoms with Gasteiger partial charge in [-0.15, -0.1) is 0 Å². The fourth-order valence-corrected chi connectivity index (χ4v) is 5.32. The molecule has 0 radical (unpaired) electrons. The summed E-state index contributed by atoms with van der Waals surface area (Å²) in [4.78, 5) is 11.0. The van der Waals surface area contributed by atoms with Gasteiger partial charge in [0.1, 0.15) is 5.75 Å². The highest BCUT2D eigenvalue weighted by Gasteiger charge is 2.31. The second-order valence-corrected chi connectivity index (χ2v) is 9.66. The average Bonchev–Trinajstić information content (AvgIpc) is 2.83. The molecule has 0 aliphatic heterocycles. The van der Waals surface area contributed by atoms with Gasteiger partial charge in [-0.25, -0.2) is 9.00 Å². The largest absolute Gasteiger partial charge is 0.482 e. The number of carboxylic acid groups (broad SMARTS) is 1. The Bertz CT molecular complexity index is 1210. The number of nitrogens with zero attached hydrogens (tertiary/aromatic N) is 1. The fourth-order valence-electron chi connectivity index (χ4n) is 4.59. The molecule has 0 amide bonds. The molecule has 0 heterocycles. The van der Waals surface area contributed by atoms with Crippen LogP contribution < -0.4 is 9.04 Å². The highest BCUT2D eigenvalue weighted by Crippen LogP contribution is 2.41. The zero-order valence-corrected chi connectivity index (χ0v) is 20.1. The molecule has 0 fully saturated rings. The zero-order chi connectivity index (χ0) is 24.2. The number of benzene rings is 3. The first-order valence-electron chi connectivity index (χ1n) is 11.4. The lowest BCUT2D eigenvalue weighted by molar-refractivity contribution is -0.139. The molecule has 6 nitrogen and oxygen atoms in total. The van der Waals surface area contributed by atoms with Crippen molar-refractivity contribution in [3.63, 3.8) is 0 Å². The van der Waals surface area contributed by atoms with E-state index >= 15 is 0 Å². The van der Waals surface area contributed by atoms with Crippen LogP contribution in [-0.2, 0) is 22.5 Å². The van der Waals surface area contributed by atoms with Gasteiger partial charge in [0.15, 0.2) is 6.61 Å². The first kappa shape index (κ1) is 24.0. The normalized spacial score (nSPS) is 16.1. The van der Waals surface area contributed by atoms with Crippen LogP contribution in [0.3, 0.4) is 0 Å². The van der Waals surface area contributed by atoms with E-state index < -0.39 is 23.8 Å². The number of carboxylic acids is 1. The van der Waals surface area contributed by atoms with Crippen LogP contribution in [0.5, 0.6) is 5.75 Å². The smallest absolute Gasteiger partial charge is 0.341 e. The highest BCUT2D eigenvalue weighted by atomic mass is 32.2. The molecule has 3 aromatic carbocycles. The molecule has 4 rings (SSSR count). The lowest BCUT2D eigenvalue weighted by Gasteiger charge is -2.35. The van der Waals surface area contributed by atoms with E-state index in [0.29, 0.717) is 23.8 Å². The van der Waals surface area contributed by atoms with Gasteiger partial charge in [0.25, 0.3) is 11.3 Å². The Morgan fingerprint density at radius 1 is 1.09 bits per heavy atom. The Hall–Kier alpha value is -3.16. The van der Waals surface area contributed by atoms with Crippen LogP contribution in [0.4, 0.5) is 5.69 Å². The van der Waals surface area contributed by atoms with Crippen LogP contribution >= 0.6 is 0 Å². The third-order valence-corrected chi connectivity index (χ3v) is 7.02. The van der Waals surface area contributed by atoms with Crippen molar-refractivity contribution < 1.29 is 23.4 Å². The number of rotatable bonds is 8. The second-order valence-electron chi connectivity index (χ2n) is 8.80. The van der Waals surface area contributed by atoms with E-state index in [2.05, 4.69) is 26.0 Å². The van der Waals surface area contributed by atoms with Crippen LogP contribution in [0.25, 0.3) is 11.1 Å². The maximum Gasteiger partial charge on any atom is 0.341 e. The minimum atomic E-state index is -2.25. The summed E-state index contributed by atoms with van der Waals surface area (Å²) in [5, 5.41) is 9.00. The number of fused-ring (bicyclic) bond motifs is 1. The number of hydrogen-bond acceptors (Lipinski definition) is 3. The maximum atomic E-state index is 12.6. The van der Waals surface area contributed by atoms with Crippen molar-refractivity contribution in [2.45, 2.75) is 45.1 Å². The van der Waals surface area contributed by atoms with Gasteiger partial charge in [-0.2, -0.15) is 0 Å². The van der Waals surface area contributed by atoms with Crippen LogP contribution in [0.15, 0.2) is 66.7 Å². The number of ether oxygens (including phenoxy) is 1. The number of hydrogen-bond donors (Lipinski definition) is 2. The van der Waals surface area contributed by atoms with E-state index in [1.807, 2.05) is 42.5 Å². The summed E-state index contributed by atoms with van der Waals surface area (Å²) >= 11 is -2.25. The Morgan fingerprint density at radius 2 is 1.79 bits per heavy atom. The van der Waals surface area contributed by atoms with Crippen LogP contribution in [0, 0.1) is 0 Å². The van der Waals surface area contributed by atoms with Crippen LogP contribution in [-0.4, -0.2) is 26.4 Å². The molecule has 2 unspecified atom stereocenters. The molecule has 7 heteroatoms. The topological polar surface area (TPSA) is 87.1 Å². The van der Waals surface area contributed by atoms with Crippen LogP contribution in [0.1, 0.15) is 55.3 Å². The molecule has 1 aliphatic carbocycles. The SMILES string of the molecule is CC(C)c1cccc(-c2cccc(N(C3CCCc4c(OCC(=O)O)cccc43)S(=O)O)c2)c1.